The van der Waals surface area contributed by atoms with E-state index >= 15 is 0 Å². The number of hydrogen-bond donors (Lipinski definition) is 2. The van der Waals surface area contributed by atoms with E-state index in [1.54, 1.807) is 12.1 Å². The summed E-state index contributed by atoms with van der Waals surface area (Å²) in [5, 5.41) is 2.88. The van der Waals surface area contributed by atoms with Crippen LogP contribution in [0.15, 0.2) is 50.2 Å². The number of halogens is 2. The molecule has 98 valence electrons. The van der Waals surface area contributed by atoms with Crippen LogP contribution in [-0.2, 0) is 0 Å². The van der Waals surface area contributed by atoms with Crippen LogP contribution in [0, 0.1) is 6.92 Å². The van der Waals surface area contributed by atoms with E-state index in [0.29, 0.717) is 10.5 Å². The van der Waals surface area contributed by atoms with E-state index in [1.807, 2.05) is 31.2 Å². The topological polar surface area (TPSA) is 29.1 Å². The minimum absolute atomic E-state index is 0.177. The molecule has 0 aromatic heterocycles. The van der Waals surface area contributed by atoms with Gasteiger partial charge in [-0.2, -0.15) is 0 Å². The second-order valence-corrected chi connectivity index (χ2v) is 6.24. The molecule has 0 saturated heterocycles. The molecule has 0 aliphatic carbocycles. The maximum absolute atomic E-state index is 12.2. The number of hydrogen-bond acceptors (Lipinski definition) is 2. The van der Waals surface area contributed by atoms with Crippen molar-refractivity contribution in [2.75, 3.05) is 5.32 Å². The molecule has 1 N–H and O–H groups in total. The van der Waals surface area contributed by atoms with Gasteiger partial charge in [-0.05, 0) is 52.7 Å². The number of amides is 1. The van der Waals surface area contributed by atoms with Gasteiger partial charge in [-0.25, -0.2) is 0 Å². The lowest BCUT2D eigenvalue weighted by molar-refractivity contribution is 0.102. The van der Waals surface area contributed by atoms with Gasteiger partial charge in [0.15, 0.2) is 0 Å². The van der Waals surface area contributed by atoms with E-state index in [-0.39, 0.29) is 5.91 Å². The molecule has 2 aromatic carbocycles. The van der Waals surface area contributed by atoms with Gasteiger partial charge in [-0.1, -0.05) is 28.1 Å². The van der Waals surface area contributed by atoms with E-state index in [1.165, 1.54) is 0 Å². The van der Waals surface area contributed by atoms with Crippen molar-refractivity contribution in [3.63, 3.8) is 0 Å². The summed E-state index contributed by atoms with van der Waals surface area (Å²) >= 11 is 11.1. The Balaban J connectivity index is 2.28. The van der Waals surface area contributed by atoms with Crippen molar-refractivity contribution in [2.45, 2.75) is 11.8 Å². The van der Waals surface area contributed by atoms with Crippen molar-refractivity contribution in [1.82, 2.24) is 0 Å². The van der Waals surface area contributed by atoms with Gasteiger partial charge in [0.05, 0.1) is 11.3 Å². The van der Waals surface area contributed by atoms with E-state index in [0.717, 1.165) is 20.2 Å². The number of rotatable bonds is 2. The lowest BCUT2D eigenvalue weighted by Gasteiger charge is -2.10. The van der Waals surface area contributed by atoms with E-state index in [9.17, 15) is 4.79 Å². The second-order valence-electron chi connectivity index (χ2n) is 4.05. The van der Waals surface area contributed by atoms with Crippen molar-refractivity contribution in [3.8, 4) is 0 Å². The largest absolute Gasteiger partial charge is 0.321 e. The van der Waals surface area contributed by atoms with Crippen molar-refractivity contribution < 1.29 is 4.79 Å². The summed E-state index contributed by atoms with van der Waals surface area (Å²) in [4.78, 5) is 12.8. The molecule has 0 unspecified atom stereocenters. The summed E-state index contributed by atoms with van der Waals surface area (Å²) in [6.07, 6.45) is 0. The zero-order chi connectivity index (χ0) is 14.0. The smallest absolute Gasteiger partial charge is 0.256 e. The van der Waals surface area contributed by atoms with Gasteiger partial charge in [0, 0.05) is 13.8 Å². The summed E-state index contributed by atoms with van der Waals surface area (Å²) < 4.78 is 1.78. The van der Waals surface area contributed by atoms with Crippen molar-refractivity contribution in [2.24, 2.45) is 0 Å². The molecule has 0 fully saturated rings. The highest BCUT2D eigenvalue weighted by molar-refractivity contribution is 9.11. The lowest BCUT2D eigenvalue weighted by atomic mass is 10.2. The van der Waals surface area contributed by atoms with Gasteiger partial charge < -0.3 is 5.32 Å². The summed E-state index contributed by atoms with van der Waals surface area (Å²) in [5.41, 5.74) is 2.36. The average Bonchev–Trinajstić information content (AvgIpc) is 2.34. The Morgan fingerprint density at radius 1 is 1.21 bits per heavy atom. The van der Waals surface area contributed by atoms with Crippen LogP contribution in [0.5, 0.6) is 0 Å². The first-order valence-electron chi connectivity index (χ1n) is 5.54. The summed E-state index contributed by atoms with van der Waals surface area (Å²) in [7, 11) is 0. The molecule has 0 heterocycles. The SMILES string of the molecule is Cc1cccc(NC(=O)c2ccc(Br)cc2S)c1Br. The second kappa shape index (κ2) is 6.11. The van der Waals surface area contributed by atoms with Crippen LogP contribution in [0.25, 0.3) is 0 Å². The van der Waals surface area contributed by atoms with Crippen molar-refractivity contribution in [1.29, 1.82) is 0 Å². The van der Waals surface area contributed by atoms with E-state index < -0.39 is 0 Å². The number of carbonyl (C=O) groups is 1. The van der Waals surface area contributed by atoms with Crippen LogP contribution in [0.2, 0.25) is 0 Å². The molecule has 5 heteroatoms. The van der Waals surface area contributed by atoms with E-state index in [2.05, 4.69) is 49.8 Å². The molecule has 0 aliphatic rings. The van der Waals surface area contributed by atoms with Crippen molar-refractivity contribution in [3.05, 3.63) is 56.5 Å². The molecule has 0 atom stereocenters. The van der Waals surface area contributed by atoms with Gasteiger partial charge in [0.25, 0.3) is 5.91 Å². The Bertz CT molecular complexity index is 643. The summed E-state index contributed by atoms with van der Waals surface area (Å²) in [6.45, 7) is 1.98. The third-order valence-corrected chi connectivity index (χ3v) is 4.56. The maximum Gasteiger partial charge on any atom is 0.256 e. The first-order valence-corrected chi connectivity index (χ1v) is 7.57. The van der Waals surface area contributed by atoms with Crippen LogP contribution >= 0.6 is 44.5 Å². The highest BCUT2D eigenvalue weighted by atomic mass is 79.9. The predicted octanol–water partition coefficient (Wildman–Crippen LogP) is 5.06. The quantitative estimate of drug-likeness (QED) is 0.677. The zero-order valence-electron chi connectivity index (χ0n) is 10.1. The highest BCUT2D eigenvalue weighted by Gasteiger charge is 2.12. The lowest BCUT2D eigenvalue weighted by Crippen LogP contribution is -2.13. The Morgan fingerprint density at radius 2 is 1.95 bits per heavy atom. The van der Waals surface area contributed by atoms with Crippen LogP contribution < -0.4 is 5.32 Å². The molecule has 0 bridgehead atoms. The van der Waals surface area contributed by atoms with E-state index in [4.69, 9.17) is 0 Å². The Labute approximate surface area is 134 Å². The Kier molecular flexibility index (Phi) is 4.71. The summed E-state index contributed by atoms with van der Waals surface area (Å²) in [5.74, 6) is -0.177. The molecule has 0 saturated carbocycles. The summed E-state index contributed by atoms with van der Waals surface area (Å²) in [6, 6.07) is 11.1. The third-order valence-electron chi connectivity index (χ3n) is 2.64. The molecule has 2 aromatic rings. The number of thiol groups is 1. The molecule has 1 amide bonds. The normalized spacial score (nSPS) is 10.3. The number of nitrogens with one attached hydrogen (secondary N) is 1. The minimum atomic E-state index is -0.177. The maximum atomic E-state index is 12.2. The molecule has 19 heavy (non-hydrogen) atoms. The van der Waals surface area contributed by atoms with Gasteiger partial charge in [-0.3, -0.25) is 4.79 Å². The van der Waals surface area contributed by atoms with Gasteiger partial charge in [-0.15, -0.1) is 12.6 Å². The predicted molar refractivity (Wildman–Crippen MR) is 88.2 cm³/mol. The molecule has 2 rings (SSSR count). The fraction of sp³-hybridized carbons (Fsp3) is 0.0714. The van der Waals surface area contributed by atoms with Gasteiger partial charge >= 0.3 is 0 Å². The average molecular weight is 401 g/mol. The first-order chi connectivity index (χ1) is 8.99. The minimum Gasteiger partial charge on any atom is -0.321 e. The van der Waals surface area contributed by atoms with Crippen LogP contribution in [0.4, 0.5) is 5.69 Å². The van der Waals surface area contributed by atoms with Gasteiger partial charge in [0.1, 0.15) is 0 Å². The fourth-order valence-electron chi connectivity index (χ4n) is 1.63. The van der Waals surface area contributed by atoms with Crippen LogP contribution in [0.1, 0.15) is 15.9 Å². The molecule has 0 spiro atoms. The standard InChI is InChI=1S/C14H11Br2NOS/c1-8-3-2-4-11(13(8)16)17-14(18)10-6-5-9(15)7-12(10)19/h2-7,19H,1H3,(H,17,18). The van der Waals surface area contributed by atoms with Crippen molar-refractivity contribution >= 4 is 56.1 Å². The number of aryl methyl sites for hydroxylation is 1. The molecule has 0 aliphatic heterocycles. The van der Waals surface area contributed by atoms with Gasteiger partial charge in [0.2, 0.25) is 0 Å². The zero-order valence-corrected chi connectivity index (χ0v) is 14.1. The number of carbonyl (C=O) groups excluding carboxylic acids is 1. The molecule has 2 nitrogen and oxygen atoms in total. The third kappa shape index (κ3) is 3.41. The molecular formula is C14H11Br2NOS. The molecular weight excluding hydrogens is 390 g/mol. The van der Waals surface area contributed by atoms with Crippen LogP contribution in [-0.4, -0.2) is 5.91 Å². The Morgan fingerprint density at radius 3 is 2.63 bits per heavy atom. The monoisotopic (exact) mass is 399 g/mol. The highest BCUT2D eigenvalue weighted by Crippen LogP contribution is 2.27. The first kappa shape index (κ1) is 14.6. The number of anilines is 1. The fourth-order valence-corrected chi connectivity index (χ4v) is 2.85. The number of benzene rings is 2. The Hall–Kier alpha value is -0.780. The van der Waals surface area contributed by atoms with Crippen LogP contribution in [0.3, 0.4) is 0 Å². The molecule has 0 radical (unpaired) electrons.